The number of rotatable bonds is 4. The van der Waals surface area contributed by atoms with Crippen molar-refractivity contribution in [2.45, 2.75) is 44.4 Å². The highest BCUT2D eigenvalue weighted by atomic mass is 79.9. The summed E-state index contributed by atoms with van der Waals surface area (Å²) in [4.78, 5) is 0. The molecule has 2 rings (SSSR count). The predicted octanol–water partition coefficient (Wildman–Crippen LogP) is 3.43. The van der Waals surface area contributed by atoms with Gasteiger partial charge in [-0.1, -0.05) is 0 Å². The fourth-order valence-electron chi connectivity index (χ4n) is 2.52. The monoisotopic (exact) mass is 333 g/mol. The fraction of sp³-hybridized carbons (Fsp3) is 0.571. The van der Waals surface area contributed by atoms with E-state index in [0.717, 1.165) is 12.8 Å². The first-order chi connectivity index (χ1) is 9.02. The summed E-state index contributed by atoms with van der Waals surface area (Å²) in [5.41, 5.74) is 0.108. The van der Waals surface area contributed by atoms with Crippen LogP contribution in [0.5, 0.6) is 0 Å². The maximum absolute atomic E-state index is 14.0. The van der Waals surface area contributed by atoms with Crippen LogP contribution in [0.1, 0.15) is 25.3 Å². The van der Waals surface area contributed by atoms with Gasteiger partial charge in [0.25, 0.3) is 0 Å². The third kappa shape index (κ3) is 3.33. The minimum atomic E-state index is -0.522. The lowest BCUT2D eigenvalue weighted by atomic mass is 9.98. The summed E-state index contributed by atoms with van der Waals surface area (Å²) in [5.74, 6) is -1.03. The largest absolute Gasteiger partial charge is 0.374 e. The zero-order chi connectivity index (χ0) is 14.0. The Bertz CT molecular complexity index is 455. The van der Waals surface area contributed by atoms with Crippen molar-refractivity contribution >= 4 is 15.9 Å². The molecule has 0 bridgehead atoms. The molecule has 1 aromatic rings. The van der Waals surface area contributed by atoms with Crippen molar-refractivity contribution in [3.63, 3.8) is 0 Å². The average molecular weight is 334 g/mol. The molecule has 3 unspecified atom stereocenters. The predicted molar refractivity (Wildman–Crippen MR) is 74.2 cm³/mol. The van der Waals surface area contributed by atoms with Gasteiger partial charge < -0.3 is 10.1 Å². The molecule has 2 nitrogen and oxygen atoms in total. The highest BCUT2D eigenvalue weighted by molar-refractivity contribution is 9.10. The molecule has 1 aliphatic heterocycles. The zero-order valence-corrected chi connectivity index (χ0v) is 12.6. The van der Waals surface area contributed by atoms with E-state index in [0.29, 0.717) is 4.47 Å². The van der Waals surface area contributed by atoms with Crippen LogP contribution >= 0.6 is 15.9 Å². The SMILES string of the molecule is CNC(Cc1c(F)ccc(Br)c1F)C1CCC(C)O1. The average Bonchev–Trinajstić information content (AvgIpc) is 2.81. The summed E-state index contributed by atoms with van der Waals surface area (Å²) < 4.78 is 33.8. The molecule has 106 valence electrons. The maximum Gasteiger partial charge on any atom is 0.143 e. The Hall–Kier alpha value is -0.520. The van der Waals surface area contributed by atoms with Crippen molar-refractivity contribution < 1.29 is 13.5 Å². The molecule has 1 saturated heterocycles. The number of likely N-dealkylation sites (N-methyl/N-ethyl adjacent to an activating group) is 1. The zero-order valence-electron chi connectivity index (χ0n) is 11.1. The first kappa shape index (κ1) is 14.9. The molecule has 1 fully saturated rings. The molecule has 0 amide bonds. The van der Waals surface area contributed by atoms with Crippen molar-refractivity contribution in [1.82, 2.24) is 5.32 Å². The fourth-order valence-corrected chi connectivity index (χ4v) is 2.90. The summed E-state index contributed by atoms with van der Waals surface area (Å²) in [7, 11) is 1.80. The van der Waals surface area contributed by atoms with Crippen molar-refractivity contribution in [3.05, 3.63) is 33.8 Å². The molecule has 3 atom stereocenters. The second kappa shape index (κ2) is 6.29. The number of benzene rings is 1. The first-order valence-electron chi connectivity index (χ1n) is 6.48. The Kier molecular flexibility index (Phi) is 4.92. The van der Waals surface area contributed by atoms with Gasteiger partial charge in [0.05, 0.1) is 16.7 Å². The van der Waals surface area contributed by atoms with Gasteiger partial charge in [-0.05, 0) is 61.3 Å². The lowest BCUT2D eigenvalue weighted by molar-refractivity contribution is 0.0334. The minimum Gasteiger partial charge on any atom is -0.374 e. The van der Waals surface area contributed by atoms with E-state index in [1.54, 1.807) is 7.05 Å². The van der Waals surface area contributed by atoms with Crippen molar-refractivity contribution in [1.29, 1.82) is 0 Å². The topological polar surface area (TPSA) is 21.3 Å². The second-order valence-corrected chi connectivity index (χ2v) is 5.84. The Balaban J connectivity index is 2.17. The molecule has 1 N–H and O–H groups in total. The Morgan fingerprint density at radius 2 is 2.16 bits per heavy atom. The van der Waals surface area contributed by atoms with Crippen molar-refractivity contribution in [2.24, 2.45) is 0 Å². The molecule has 0 radical (unpaired) electrons. The van der Waals surface area contributed by atoms with Crippen molar-refractivity contribution in [3.8, 4) is 0 Å². The highest BCUT2D eigenvalue weighted by Crippen LogP contribution is 2.27. The van der Waals surface area contributed by atoms with Crippen LogP contribution in [-0.2, 0) is 11.2 Å². The van der Waals surface area contributed by atoms with Crippen LogP contribution in [0.2, 0.25) is 0 Å². The molecular weight excluding hydrogens is 316 g/mol. The van der Waals surface area contributed by atoms with Gasteiger partial charge in [0.15, 0.2) is 0 Å². The molecule has 5 heteroatoms. The molecule has 1 heterocycles. The third-order valence-corrected chi connectivity index (χ3v) is 4.26. The summed E-state index contributed by atoms with van der Waals surface area (Å²) in [6.45, 7) is 2.02. The van der Waals surface area contributed by atoms with Gasteiger partial charge >= 0.3 is 0 Å². The summed E-state index contributed by atoms with van der Waals surface area (Å²) in [5, 5.41) is 3.11. The van der Waals surface area contributed by atoms with Gasteiger partial charge in [-0.15, -0.1) is 0 Å². The summed E-state index contributed by atoms with van der Waals surface area (Å²) in [6, 6.07) is 2.59. The lowest BCUT2D eigenvalue weighted by Crippen LogP contribution is -2.40. The highest BCUT2D eigenvalue weighted by Gasteiger charge is 2.30. The van der Waals surface area contributed by atoms with E-state index in [1.165, 1.54) is 12.1 Å². The first-order valence-corrected chi connectivity index (χ1v) is 7.27. The van der Waals surface area contributed by atoms with E-state index >= 15 is 0 Å². The molecule has 0 saturated carbocycles. The van der Waals surface area contributed by atoms with Gasteiger partial charge in [-0.3, -0.25) is 0 Å². The quantitative estimate of drug-likeness (QED) is 0.852. The molecule has 0 aliphatic carbocycles. The minimum absolute atomic E-state index is 0.0118. The smallest absolute Gasteiger partial charge is 0.143 e. The van der Waals surface area contributed by atoms with Gasteiger partial charge in [-0.25, -0.2) is 8.78 Å². The van der Waals surface area contributed by atoms with Gasteiger partial charge in [-0.2, -0.15) is 0 Å². The molecule has 19 heavy (non-hydrogen) atoms. The standard InChI is InChI=1S/C14H18BrF2NO/c1-8-3-6-13(19-8)12(18-2)7-9-11(16)5-4-10(15)14(9)17/h4-5,8,12-13,18H,3,6-7H2,1-2H3. The number of hydrogen-bond acceptors (Lipinski definition) is 2. The van der Waals surface area contributed by atoms with E-state index in [1.807, 2.05) is 6.92 Å². The molecule has 0 spiro atoms. The molecule has 1 aromatic carbocycles. The van der Waals surface area contributed by atoms with E-state index in [-0.39, 0.29) is 30.2 Å². The van der Waals surface area contributed by atoms with Crippen LogP contribution in [0.3, 0.4) is 0 Å². The third-order valence-electron chi connectivity index (χ3n) is 3.65. The van der Waals surface area contributed by atoms with E-state index in [2.05, 4.69) is 21.2 Å². The van der Waals surface area contributed by atoms with Crippen LogP contribution in [0.15, 0.2) is 16.6 Å². The number of halogens is 3. The second-order valence-electron chi connectivity index (χ2n) is 4.98. The van der Waals surface area contributed by atoms with Gasteiger partial charge in [0.2, 0.25) is 0 Å². The number of ether oxygens (including phenoxy) is 1. The van der Waals surface area contributed by atoms with Crippen LogP contribution < -0.4 is 5.32 Å². The normalized spacial score (nSPS) is 24.7. The van der Waals surface area contributed by atoms with E-state index < -0.39 is 11.6 Å². The molecule has 0 aromatic heterocycles. The molecule has 1 aliphatic rings. The van der Waals surface area contributed by atoms with Gasteiger partial charge in [0, 0.05) is 11.6 Å². The van der Waals surface area contributed by atoms with Crippen LogP contribution in [-0.4, -0.2) is 25.3 Å². The van der Waals surface area contributed by atoms with Crippen LogP contribution in [0.4, 0.5) is 8.78 Å². The lowest BCUT2D eigenvalue weighted by Gasteiger charge is -2.23. The number of nitrogens with one attached hydrogen (secondary N) is 1. The van der Waals surface area contributed by atoms with Gasteiger partial charge in [0.1, 0.15) is 11.6 Å². The summed E-state index contributed by atoms with van der Waals surface area (Å²) >= 11 is 3.09. The number of hydrogen-bond donors (Lipinski definition) is 1. The molecular formula is C14H18BrF2NO. The Morgan fingerprint density at radius 1 is 1.42 bits per heavy atom. The maximum atomic E-state index is 14.0. The van der Waals surface area contributed by atoms with E-state index in [9.17, 15) is 8.78 Å². The van der Waals surface area contributed by atoms with E-state index in [4.69, 9.17) is 4.74 Å². The Labute approximate surface area is 120 Å². The van der Waals surface area contributed by atoms with Crippen LogP contribution in [0.25, 0.3) is 0 Å². The van der Waals surface area contributed by atoms with Crippen LogP contribution in [0, 0.1) is 11.6 Å². The summed E-state index contributed by atoms with van der Waals surface area (Å²) in [6.07, 6.45) is 2.43. The Morgan fingerprint density at radius 3 is 2.74 bits per heavy atom. The van der Waals surface area contributed by atoms with Crippen molar-refractivity contribution in [2.75, 3.05) is 7.05 Å².